The van der Waals surface area contributed by atoms with Crippen LogP contribution in [0.1, 0.15) is 68.0 Å². The minimum Gasteiger partial charge on any atom is -0.358 e. The first kappa shape index (κ1) is 28.4. The summed E-state index contributed by atoms with van der Waals surface area (Å²) in [6.45, 7) is 23.7. The van der Waals surface area contributed by atoms with Gasteiger partial charge in [-0.2, -0.15) is 0 Å². The van der Waals surface area contributed by atoms with Crippen LogP contribution in [0.2, 0.25) is 0 Å². The molecule has 1 rings (SSSR count). The minimum atomic E-state index is -0.770. The van der Waals surface area contributed by atoms with Crippen LogP contribution in [0, 0.1) is 25.7 Å². The van der Waals surface area contributed by atoms with E-state index in [0.29, 0.717) is 10.3 Å². The maximum absolute atomic E-state index is 7.21. The van der Waals surface area contributed by atoms with Crippen LogP contribution >= 0.6 is 7.92 Å². The fourth-order valence-corrected chi connectivity index (χ4v) is 7.10. The summed E-state index contributed by atoms with van der Waals surface area (Å²) >= 11 is 0. The number of nitrogens with zero attached hydrogens (tertiary/aromatic N) is 3. The fraction of sp³-hybridized carbons (Fsp3) is 0.684. The molecule has 1 heterocycles. The molecule has 0 aromatic carbocycles. The summed E-state index contributed by atoms with van der Waals surface area (Å²) in [5.74, 6) is 0. The van der Waals surface area contributed by atoms with Gasteiger partial charge in [-0.15, -0.1) is 6.07 Å². The first-order valence-corrected chi connectivity index (χ1v) is 9.24. The van der Waals surface area contributed by atoms with Crippen molar-refractivity contribution >= 4 is 13.5 Å². The standard InChI is InChI=1S/C16H31N2P.C2H2N.CH3.Ru/c1-14(2,3)12-11-18(10)13(17-12)19(15(4,5)6)16(7,8)9;1-2-3;;/h11H,1-10H3;1H2;1H3;/q;2*-1;+2/p+1. The van der Waals surface area contributed by atoms with Crippen molar-refractivity contribution in [3.63, 3.8) is 0 Å². The molecule has 5 heteroatoms. The summed E-state index contributed by atoms with van der Waals surface area (Å²) in [6, 6.07) is 1.50. The zero-order valence-corrected chi connectivity index (χ0v) is 20.2. The molecule has 0 aliphatic carbocycles. The van der Waals surface area contributed by atoms with E-state index in [1.54, 1.807) is 0 Å². The van der Waals surface area contributed by atoms with E-state index < -0.39 is 7.92 Å². The van der Waals surface area contributed by atoms with Crippen LogP contribution in [-0.2, 0) is 31.9 Å². The summed E-state index contributed by atoms with van der Waals surface area (Å²) in [5, 5.41) is 7.81. The molecule has 0 atom stereocenters. The second-order valence-electron chi connectivity index (χ2n) is 8.84. The van der Waals surface area contributed by atoms with E-state index in [1.165, 1.54) is 17.3 Å². The van der Waals surface area contributed by atoms with Crippen molar-refractivity contribution in [3.05, 3.63) is 26.2 Å². The third-order valence-electron chi connectivity index (χ3n) is 3.37. The fourth-order valence-electron chi connectivity index (χ4n) is 2.86. The van der Waals surface area contributed by atoms with Crippen molar-refractivity contribution in [2.45, 2.75) is 78.0 Å². The van der Waals surface area contributed by atoms with Gasteiger partial charge in [0.2, 0.25) is 0 Å². The van der Waals surface area contributed by atoms with Gasteiger partial charge < -0.3 is 18.9 Å². The molecular weight excluding hydrogens is 402 g/mol. The summed E-state index contributed by atoms with van der Waals surface area (Å²) in [7, 11) is 1.38. The van der Waals surface area contributed by atoms with Crippen LogP contribution in [0.4, 0.5) is 0 Å². The predicted octanol–water partition coefficient (Wildman–Crippen LogP) is 4.95. The Balaban J connectivity index is -0.000000818. The zero-order valence-electron chi connectivity index (χ0n) is 17.5. The van der Waals surface area contributed by atoms with E-state index >= 15 is 0 Å². The smallest absolute Gasteiger partial charge is 0.358 e. The second-order valence-corrected chi connectivity index (χ2v) is 13.0. The maximum atomic E-state index is 7.21. The van der Waals surface area contributed by atoms with Gasteiger partial charge in [-0.05, 0) is 41.5 Å². The van der Waals surface area contributed by atoms with Crippen molar-refractivity contribution in [1.29, 1.82) is 5.26 Å². The minimum absolute atomic E-state index is 0. The molecule has 1 aromatic heterocycles. The molecule has 0 amide bonds. The number of hydrogen-bond donors (Lipinski definition) is 0. The molecule has 0 saturated heterocycles. The van der Waals surface area contributed by atoms with E-state index in [2.05, 4.69) is 87.0 Å². The number of rotatable bonds is 1. The van der Waals surface area contributed by atoms with Gasteiger partial charge >= 0.3 is 19.5 Å². The van der Waals surface area contributed by atoms with Crippen molar-refractivity contribution < 1.29 is 19.5 Å². The molecule has 3 nitrogen and oxygen atoms in total. The Kier molecular flexibility index (Phi) is 11.8. The largest absolute Gasteiger partial charge is 2.00 e. The molecule has 0 radical (unpaired) electrons. The van der Waals surface area contributed by atoms with E-state index in [-0.39, 0.29) is 32.3 Å². The quantitative estimate of drug-likeness (QED) is 0.353. The average molecular weight is 440 g/mol. The molecule has 0 N–H and O–H groups in total. The number of hydrogen-bond acceptors (Lipinski definition) is 2. The Morgan fingerprint density at radius 3 is 1.58 bits per heavy atom. The van der Waals surface area contributed by atoms with Crippen molar-refractivity contribution in [1.82, 2.24) is 9.55 Å². The number of aromatic nitrogens is 2. The summed E-state index contributed by atoms with van der Waals surface area (Å²) in [4.78, 5) is 5.02. The van der Waals surface area contributed by atoms with E-state index in [1.807, 2.05) is 0 Å². The normalized spacial score (nSPS) is 11.6. The number of nitriles is 1. The van der Waals surface area contributed by atoms with E-state index in [0.717, 1.165) is 0 Å². The summed E-state index contributed by atoms with van der Waals surface area (Å²) in [5.41, 5.74) is 2.65. The Bertz CT molecular complexity index is 509. The van der Waals surface area contributed by atoms with Crippen LogP contribution in [-0.4, -0.2) is 19.9 Å². The number of imidazole rings is 1. The van der Waals surface area contributed by atoms with Gasteiger partial charge in [0, 0.05) is 18.7 Å². The molecule has 1 aromatic rings. The molecule has 140 valence electrons. The van der Waals surface area contributed by atoms with Crippen molar-refractivity contribution in [2.75, 3.05) is 0 Å². The van der Waals surface area contributed by atoms with E-state index in [9.17, 15) is 0 Å². The Morgan fingerprint density at radius 2 is 1.38 bits per heavy atom. The first-order valence-electron chi connectivity index (χ1n) is 7.74. The molecule has 0 spiro atoms. The first-order chi connectivity index (χ1) is 9.66. The molecule has 24 heavy (non-hydrogen) atoms. The third kappa shape index (κ3) is 8.14. The predicted molar refractivity (Wildman–Crippen MR) is 107 cm³/mol. The molecule has 0 aliphatic rings. The van der Waals surface area contributed by atoms with Crippen molar-refractivity contribution in [2.24, 2.45) is 7.05 Å². The van der Waals surface area contributed by atoms with Gasteiger partial charge in [0.1, 0.15) is 0 Å². The average Bonchev–Trinajstić information content (AvgIpc) is 2.57. The number of aryl methyl sites for hydroxylation is 1. The zero-order chi connectivity index (χ0) is 17.9. The topological polar surface area (TPSA) is 41.6 Å². The van der Waals surface area contributed by atoms with Gasteiger partial charge in [0.15, 0.2) is 0 Å². The van der Waals surface area contributed by atoms with Crippen LogP contribution in [0.15, 0.2) is 6.20 Å². The van der Waals surface area contributed by atoms with Gasteiger partial charge in [0.05, 0.1) is 23.9 Å². The Hall–Kier alpha value is -0.377. The van der Waals surface area contributed by atoms with Gasteiger partial charge in [0.25, 0.3) is 5.57 Å². The molecule has 0 saturated carbocycles. The van der Waals surface area contributed by atoms with Crippen LogP contribution in [0.25, 0.3) is 0 Å². The summed E-state index contributed by atoms with van der Waals surface area (Å²) in [6.07, 6.45) is 2.22. The van der Waals surface area contributed by atoms with Gasteiger partial charge in [-0.25, -0.2) is 10.2 Å². The molecule has 0 unspecified atom stereocenters. The van der Waals surface area contributed by atoms with Crippen LogP contribution in [0.3, 0.4) is 0 Å². The SMILES string of the molecule is Cn1cc(C(C)(C)C)nc1[PH+](C(C)(C)C)C(C)(C)C.[CH2-]C#N.[CH3-].[Ru+2]. The third-order valence-corrected chi connectivity index (χ3v) is 7.28. The van der Waals surface area contributed by atoms with Crippen LogP contribution < -0.4 is 5.57 Å². The molecule has 0 aliphatic heterocycles. The molecule has 0 fully saturated rings. The van der Waals surface area contributed by atoms with Crippen LogP contribution in [0.5, 0.6) is 0 Å². The Labute approximate surface area is 165 Å². The van der Waals surface area contributed by atoms with E-state index in [4.69, 9.17) is 10.2 Å². The van der Waals surface area contributed by atoms with Gasteiger partial charge in [-0.1, -0.05) is 20.8 Å². The van der Waals surface area contributed by atoms with Crippen molar-refractivity contribution in [3.8, 4) is 6.07 Å². The summed E-state index contributed by atoms with van der Waals surface area (Å²) < 4.78 is 2.27. The monoisotopic (exact) mass is 440 g/mol. The second kappa shape index (κ2) is 9.94. The Morgan fingerprint density at radius 1 is 1.04 bits per heavy atom. The molecule has 0 bridgehead atoms. The molecular formula is C19H37N3PRu+. The van der Waals surface area contributed by atoms with Gasteiger partial charge in [-0.3, -0.25) is 0 Å². The maximum Gasteiger partial charge on any atom is 2.00 e.